The molecule has 0 aliphatic carbocycles. The molecule has 3 nitrogen and oxygen atoms in total. The van der Waals surface area contributed by atoms with Crippen molar-refractivity contribution in [3.05, 3.63) is 29.8 Å². The number of likely N-dealkylation sites (tertiary alicyclic amines) is 1. The third kappa shape index (κ3) is 5.29. The molecule has 1 fully saturated rings. The van der Waals surface area contributed by atoms with E-state index in [4.69, 9.17) is 4.74 Å². The van der Waals surface area contributed by atoms with E-state index in [0.29, 0.717) is 5.92 Å². The summed E-state index contributed by atoms with van der Waals surface area (Å²) < 4.78 is 5.70. The summed E-state index contributed by atoms with van der Waals surface area (Å²) in [6.07, 6.45) is 5.15. The van der Waals surface area contributed by atoms with Crippen molar-refractivity contribution in [2.45, 2.75) is 52.1 Å². The fourth-order valence-corrected chi connectivity index (χ4v) is 3.17. The highest BCUT2D eigenvalue weighted by atomic mass is 16.5. The molecule has 2 rings (SSSR count). The van der Waals surface area contributed by atoms with Crippen LogP contribution in [0.1, 0.15) is 45.1 Å². The Kier molecular flexibility index (Phi) is 7.20. The van der Waals surface area contributed by atoms with E-state index in [0.717, 1.165) is 57.7 Å². The first-order valence-corrected chi connectivity index (χ1v) is 8.85. The van der Waals surface area contributed by atoms with E-state index in [1.807, 2.05) is 0 Å². The molecular formula is C19H31NO2. The van der Waals surface area contributed by atoms with Crippen LogP contribution < -0.4 is 4.74 Å². The predicted octanol–water partition coefficient (Wildman–Crippen LogP) is 3.50. The van der Waals surface area contributed by atoms with E-state index >= 15 is 0 Å². The number of aliphatic hydroxyl groups is 1. The highest BCUT2D eigenvalue weighted by Gasteiger charge is 2.27. The Labute approximate surface area is 135 Å². The molecule has 1 aliphatic rings. The van der Waals surface area contributed by atoms with Crippen LogP contribution in [0, 0.1) is 5.92 Å². The number of nitrogens with zero attached hydrogens (tertiary/aromatic N) is 1. The molecule has 0 aromatic heterocycles. The van der Waals surface area contributed by atoms with Crippen LogP contribution in [0.2, 0.25) is 0 Å². The van der Waals surface area contributed by atoms with Gasteiger partial charge in [-0.25, -0.2) is 0 Å². The van der Waals surface area contributed by atoms with E-state index in [9.17, 15) is 5.11 Å². The average molecular weight is 305 g/mol. The van der Waals surface area contributed by atoms with Gasteiger partial charge in [-0.15, -0.1) is 0 Å². The molecule has 1 N–H and O–H groups in total. The molecule has 3 heteroatoms. The highest BCUT2D eigenvalue weighted by Crippen LogP contribution is 2.23. The van der Waals surface area contributed by atoms with E-state index in [1.54, 1.807) is 0 Å². The minimum absolute atomic E-state index is 0.159. The Hall–Kier alpha value is -1.06. The van der Waals surface area contributed by atoms with E-state index in [-0.39, 0.29) is 6.10 Å². The molecule has 1 aromatic carbocycles. The molecule has 2 atom stereocenters. The number of hydrogen-bond acceptors (Lipinski definition) is 3. The maximum atomic E-state index is 10.3. The summed E-state index contributed by atoms with van der Waals surface area (Å²) in [6, 6.07) is 8.41. The Bertz CT molecular complexity index is 418. The first kappa shape index (κ1) is 17.3. The Morgan fingerprint density at radius 1 is 1.18 bits per heavy atom. The first-order valence-electron chi connectivity index (χ1n) is 8.85. The van der Waals surface area contributed by atoms with Gasteiger partial charge in [0.1, 0.15) is 5.75 Å². The van der Waals surface area contributed by atoms with Crippen molar-refractivity contribution in [2.24, 2.45) is 5.92 Å². The summed E-state index contributed by atoms with van der Waals surface area (Å²) in [5.41, 5.74) is 1.30. The van der Waals surface area contributed by atoms with Gasteiger partial charge in [-0.1, -0.05) is 32.4 Å². The van der Waals surface area contributed by atoms with Crippen molar-refractivity contribution in [2.75, 3.05) is 26.2 Å². The maximum Gasteiger partial charge on any atom is 0.119 e. The third-order valence-corrected chi connectivity index (χ3v) is 4.51. The van der Waals surface area contributed by atoms with Crippen molar-refractivity contribution >= 4 is 0 Å². The van der Waals surface area contributed by atoms with Crippen LogP contribution in [-0.4, -0.2) is 42.4 Å². The molecule has 124 valence electrons. The Balaban J connectivity index is 1.86. The zero-order valence-corrected chi connectivity index (χ0v) is 14.1. The smallest absolute Gasteiger partial charge is 0.119 e. The van der Waals surface area contributed by atoms with Gasteiger partial charge in [-0.3, -0.25) is 0 Å². The molecule has 1 saturated heterocycles. The van der Waals surface area contributed by atoms with Crippen LogP contribution in [0.3, 0.4) is 0 Å². The molecule has 0 radical (unpaired) electrons. The minimum Gasteiger partial charge on any atom is -0.494 e. The number of piperidine rings is 1. The molecule has 1 heterocycles. The van der Waals surface area contributed by atoms with Crippen molar-refractivity contribution in [1.29, 1.82) is 0 Å². The van der Waals surface area contributed by atoms with Crippen molar-refractivity contribution < 1.29 is 9.84 Å². The molecular weight excluding hydrogens is 274 g/mol. The van der Waals surface area contributed by atoms with Gasteiger partial charge in [0.05, 0.1) is 12.7 Å². The van der Waals surface area contributed by atoms with Crippen LogP contribution in [0.25, 0.3) is 0 Å². The normalized spacial score (nSPS) is 22.7. The number of unbranched alkanes of at least 4 members (excludes halogenated alkanes) is 1. The number of rotatable bonds is 8. The van der Waals surface area contributed by atoms with Gasteiger partial charge in [-0.2, -0.15) is 0 Å². The highest BCUT2D eigenvalue weighted by molar-refractivity contribution is 5.27. The van der Waals surface area contributed by atoms with Crippen LogP contribution in [-0.2, 0) is 6.42 Å². The molecule has 2 unspecified atom stereocenters. The van der Waals surface area contributed by atoms with E-state index < -0.39 is 0 Å². The number of hydrogen-bond donors (Lipinski definition) is 1. The predicted molar refractivity (Wildman–Crippen MR) is 91.4 cm³/mol. The summed E-state index contributed by atoms with van der Waals surface area (Å²) in [5.74, 6) is 1.31. The quantitative estimate of drug-likeness (QED) is 0.746. The summed E-state index contributed by atoms with van der Waals surface area (Å²) in [5, 5.41) is 10.3. The third-order valence-electron chi connectivity index (χ3n) is 4.51. The fourth-order valence-electron chi connectivity index (χ4n) is 3.17. The number of aliphatic hydroxyl groups excluding tert-OH is 1. The molecule has 1 aromatic rings. The van der Waals surface area contributed by atoms with Crippen molar-refractivity contribution in [1.82, 2.24) is 4.90 Å². The first-order chi connectivity index (χ1) is 10.7. The minimum atomic E-state index is -0.159. The lowest BCUT2D eigenvalue weighted by Crippen LogP contribution is -2.44. The van der Waals surface area contributed by atoms with E-state index in [2.05, 4.69) is 43.0 Å². The Morgan fingerprint density at radius 3 is 2.64 bits per heavy atom. The van der Waals surface area contributed by atoms with Crippen LogP contribution in [0.15, 0.2) is 24.3 Å². The molecule has 0 amide bonds. The van der Waals surface area contributed by atoms with Crippen molar-refractivity contribution in [3.63, 3.8) is 0 Å². The van der Waals surface area contributed by atoms with Gasteiger partial charge >= 0.3 is 0 Å². The molecule has 0 bridgehead atoms. The SMILES string of the molecule is CCCCOc1ccc(CC2CN(CCC)CCC2O)cc1. The summed E-state index contributed by atoms with van der Waals surface area (Å²) >= 11 is 0. The topological polar surface area (TPSA) is 32.7 Å². The van der Waals surface area contributed by atoms with Gasteiger partial charge in [-0.05, 0) is 49.9 Å². The standard InChI is InChI=1S/C19H31NO2/c1-3-5-13-22-18-8-6-16(7-9-18)14-17-15-20(11-4-2)12-10-19(17)21/h6-9,17,19,21H,3-5,10-15H2,1-2H3. The lowest BCUT2D eigenvalue weighted by molar-refractivity contribution is 0.0270. The lowest BCUT2D eigenvalue weighted by Gasteiger charge is -2.36. The molecule has 0 saturated carbocycles. The second-order valence-electron chi connectivity index (χ2n) is 6.47. The zero-order chi connectivity index (χ0) is 15.8. The van der Waals surface area contributed by atoms with E-state index in [1.165, 1.54) is 12.0 Å². The monoisotopic (exact) mass is 305 g/mol. The zero-order valence-electron chi connectivity index (χ0n) is 14.1. The second-order valence-corrected chi connectivity index (χ2v) is 6.47. The number of ether oxygens (including phenoxy) is 1. The summed E-state index contributed by atoms with van der Waals surface area (Å²) in [6.45, 7) is 8.39. The molecule has 0 spiro atoms. The maximum absolute atomic E-state index is 10.3. The largest absolute Gasteiger partial charge is 0.494 e. The number of benzene rings is 1. The average Bonchev–Trinajstić information content (AvgIpc) is 2.53. The van der Waals surface area contributed by atoms with Gasteiger partial charge < -0.3 is 14.7 Å². The van der Waals surface area contributed by atoms with Crippen LogP contribution in [0.4, 0.5) is 0 Å². The summed E-state index contributed by atoms with van der Waals surface area (Å²) in [7, 11) is 0. The fraction of sp³-hybridized carbons (Fsp3) is 0.684. The van der Waals surface area contributed by atoms with Gasteiger partial charge in [0.15, 0.2) is 0 Å². The second kappa shape index (κ2) is 9.16. The molecule has 22 heavy (non-hydrogen) atoms. The van der Waals surface area contributed by atoms with Gasteiger partial charge in [0.2, 0.25) is 0 Å². The van der Waals surface area contributed by atoms with Crippen LogP contribution >= 0.6 is 0 Å². The summed E-state index contributed by atoms with van der Waals surface area (Å²) in [4.78, 5) is 2.49. The van der Waals surface area contributed by atoms with Gasteiger partial charge in [0.25, 0.3) is 0 Å². The van der Waals surface area contributed by atoms with Crippen molar-refractivity contribution in [3.8, 4) is 5.75 Å². The van der Waals surface area contributed by atoms with Crippen LogP contribution in [0.5, 0.6) is 5.75 Å². The van der Waals surface area contributed by atoms with Gasteiger partial charge in [0, 0.05) is 19.0 Å². The lowest BCUT2D eigenvalue weighted by atomic mass is 9.88. The Morgan fingerprint density at radius 2 is 1.95 bits per heavy atom. The molecule has 1 aliphatic heterocycles.